The third kappa shape index (κ3) is 6.51. The number of hydrogen-bond acceptors (Lipinski definition) is 9. The standard InChI is InChI=1S/C28H35ClN6O4/c1-3-22(36)18-39-25-15-20-14-21(4-5-24(20)33(2)27(25)37)31-26-23(29)16-30-28(32-26)35-8-6-19(7-9-35)17-34-10-12-38-13-11-34/h4-5,14-16,19H,3,6-13,17-18H2,1-2H3,(H,30,31,32). The van der Waals surface area contributed by atoms with E-state index in [0.29, 0.717) is 29.1 Å². The van der Waals surface area contributed by atoms with E-state index in [-0.39, 0.29) is 23.7 Å². The molecular weight excluding hydrogens is 520 g/mol. The number of aryl methyl sites for hydroxylation is 1. The number of benzene rings is 1. The van der Waals surface area contributed by atoms with Crippen LogP contribution in [-0.2, 0) is 16.6 Å². The predicted molar refractivity (Wildman–Crippen MR) is 153 cm³/mol. The summed E-state index contributed by atoms with van der Waals surface area (Å²) in [7, 11) is 1.68. The van der Waals surface area contributed by atoms with Crippen LogP contribution in [0.3, 0.4) is 0 Å². The van der Waals surface area contributed by atoms with Gasteiger partial charge in [-0.2, -0.15) is 4.98 Å². The first-order chi connectivity index (χ1) is 18.9. The van der Waals surface area contributed by atoms with Gasteiger partial charge in [0.15, 0.2) is 17.4 Å². The summed E-state index contributed by atoms with van der Waals surface area (Å²) in [6, 6.07) is 7.30. The lowest BCUT2D eigenvalue weighted by molar-refractivity contribution is -0.120. The average molecular weight is 555 g/mol. The van der Waals surface area contributed by atoms with Crippen LogP contribution in [0.1, 0.15) is 26.2 Å². The number of rotatable bonds is 9. The summed E-state index contributed by atoms with van der Waals surface area (Å²) in [6.45, 7) is 8.28. The summed E-state index contributed by atoms with van der Waals surface area (Å²) in [5.74, 6) is 1.93. The van der Waals surface area contributed by atoms with Crippen molar-refractivity contribution < 1.29 is 14.3 Å². The number of nitrogens with zero attached hydrogens (tertiary/aromatic N) is 5. The van der Waals surface area contributed by atoms with Crippen molar-refractivity contribution in [2.75, 3.05) is 62.8 Å². The number of carbonyl (C=O) groups excluding carboxylic acids is 1. The predicted octanol–water partition coefficient (Wildman–Crippen LogP) is 3.63. The first kappa shape index (κ1) is 27.4. The molecule has 0 amide bonds. The molecule has 0 aliphatic carbocycles. The number of carbonyl (C=O) groups is 1. The number of ether oxygens (including phenoxy) is 2. The molecule has 3 aromatic rings. The van der Waals surface area contributed by atoms with Gasteiger partial charge in [-0.3, -0.25) is 14.5 Å². The van der Waals surface area contributed by atoms with Gasteiger partial charge in [0.2, 0.25) is 5.95 Å². The molecule has 0 atom stereocenters. The Kier molecular flexibility index (Phi) is 8.64. The number of halogens is 1. The fraction of sp³-hybridized carbons (Fsp3) is 0.500. The number of Topliss-reactive ketones (excluding diaryl/α,β-unsaturated/α-hetero) is 1. The van der Waals surface area contributed by atoms with Crippen molar-refractivity contribution in [1.82, 2.24) is 19.4 Å². The zero-order valence-corrected chi connectivity index (χ0v) is 23.2. The molecule has 5 rings (SSSR count). The second-order valence-electron chi connectivity index (χ2n) is 10.2. The van der Waals surface area contributed by atoms with Gasteiger partial charge in [0.05, 0.1) is 24.9 Å². The number of pyridine rings is 1. The van der Waals surface area contributed by atoms with Crippen molar-refractivity contribution in [2.24, 2.45) is 13.0 Å². The Balaban J connectivity index is 1.28. The Morgan fingerprint density at radius 3 is 2.69 bits per heavy atom. The van der Waals surface area contributed by atoms with E-state index < -0.39 is 0 Å². The van der Waals surface area contributed by atoms with Crippen molar-refractivity contribution in [2.45, 2.75) is 26.2 Å². The molecule has 11 heteroatoms. The number of piperidine rings is 1. The maximum Gasteiger partial charge on any atom is 0.293 e. The van der Waals surface area contributed by atoms with Gasteiger partial charge >= 0.3 is 0 Å². The molecule has 1 N–H and O–H groups in total. The molecule has 2 aromatic heterocycles. The van der Waals surface area contributed by atoms with E-state index in [1.54, 1.807) is 26.2 Å². The van der Waals surface area contributed by atoms with Gasteiger partial charge in [-0.15, -0.1) is 0 Å². The molecule has 1 aromatic carbocycles. The molecule has 2 saturated heterocycles. The third-order valence-electron chi connectivity index (χ3n) is 7.49. The molecule has 2 fully saturated rings. The lowest BCUT2D eigenvalue weighted by Crippen LogP contribution is -2.43. The molecule has 0 unspecified atom stereocenters. The minimum atomic E-state index is -0.288. The number of nitrogens with one attached hydrogen (secondary N) is 1. The van der Waals surface area contributed by atoms with Crippen molar-refractivity contribution in [3.05, 3.63) is 45.8 Å². The summed E-state index contributed by atoms with van der Waals surface area (Å²) in [5, 5.41) is 4.52. The molecular formula is C28H35ClN6O4. The van der Waals surface area contributed by atoms with Gasteiger partial charge in [0.25, 0.3) is 5.56 Å². The smallest absolute Gasteiger partial charge is 0.293 e. The van der Waals surface area contributed by atoms with Crippen LogP contribution in [0.4, 0.5) is 17.5 Å². The van der Waals surface area contributed by atoms with Crippen molar-refractivity contribution in [3.63, 3.8) is 0 Å². The third-order valence-corrected chi connectivity index (χ3v) is 7.76. The molecule has 0 spiro atoms. The van der Waals surface area contributed by atoms with Gasteiger partial charge < -0.3 is 24.3 Å². The monoisotopic (exact) mass is 554 g/mol. The summed E-state index contributed by atoms with van der Waals surface area (Å²) in [6.07, 6.45) is 4.19. The second-order valence-corrected chi connectivity index (χ2v) is 10.6. The van der Waals surface area contributed by atoms with Crippen molar-refractivity contribution in [1.29, 1.82) is 0 Å². The molecule has 10 nitrogen and oxygen atoms in total. The Morgan fingerprint density at radius 2 is 1.95 bits per heavy atom. The molecule has 208 valence electrons. The van der Waals surface area contributed by atoms with Gasteiger partial charge in [0, 0.05) is 57.3 Å². The minimum absolute atomic E-state index is 0.0666. The van der Waals surface area contributed by atoms with Gasteiger partial charge in [-0.1, -0.05) is 18.5 Å². The van der Waals surface area contributed by atoms with Crippen LogP contribution in [0.15, 0.2) is 35.3 Å². The fourth-order valence-electron chi connectivity index (χ4n) is 5.09. The fourth-order valence-corrected chi connectivity index (χ4v) is 5.23. The number of aromatic nitrogens is 3. The summed E-state index contributed by atoms with van der Waals surface area (Å²) < 4.78 is 12.5. The maximum absolute atomic E-state index is 12.7. The maximum atomic E-state index is 12.7. The normalized spacial score (nSPS) is 16.9. The highest BCUT2D eigenvalue weighted by Crippen LogP contribution is 2.29. The quantitative estimate of drug-likeness (QED) is 0.425. The van der Waals surface area contributed by atoms with E-state index in [2.05, 4.69) is 20.1 Å². The largest absolute Gasteiger partial charge is 0.480 e. The molecule has 39 heavy (non-hydrogen) atoms. The first-order valence-corrected chi connectivity index (χ1v) is 13.9. The number of morpholine rings is 1. The highest BCUT2D eigenvalue weighted by atomic mass is 35.5. The summed E-state index contributed by atoms with van der Waals surface area (Å²) >= 11 is 6.47. The topological polar surface area (TPSA) is 102 Å². The summed E-state index contributed by atoms with van der Waals surface area (Å²) in [4.78, 5) is 38.3. The lowest BCUT2D eigenvalue weighted by Gasteiger charge is -2.36. The molecule has 0 saturated carbocycles. The van der Waals surface area contributed by atoms with Crippen LogP contribution in [0.25, 0.3) is 10.9 Å². The van der Waals surface area contributed by atoms with Gasteiger partial charge in [0.1, 0.15) is 11.6 Å². The van der Waals surface area contributed by atoms with E-state index in [4.69, 9.17) is 26.1 Å². The van der Waals surface area contributed by atoms with Gasteiger partial charge in [-0.05, 0) is 43.0 Å². The molecule has 0 bridgehead atoms. The zero-order valence-electron chi connectivity index (χ0n) is 22.5. The Labute approximate surface area is 232 Å². The minimum Gasteiger partial charge on any atom is -0.480 e. The number of anilines is 3. The van der Waals surface area contributed by atoms with Crippen LogP contribution in [0.2, 0.25) is 5.02 Å². The Morgan fingerprint density at radius 1 is 1.18 bits per heavy atom. The molecule has 2 aliphatic heterocycles. The first-order valence-electron chi connectivity index (χ1n) is 13.5. The SMILES string of the molecule is CCC(=O)COc1cc2cc(Nc3nc(N4CCC(CN5CCOCC5)CC4)ncc3Cl)ccc2n(C)c1=O. The van der Waals surface area contributed by atoms with E-state index >= 15 is 0 Å². The Hall–Kier alpha value is -3.21. The van der Waals surface area contributed by atoms with E-state index in [9.17, 15) is 9.59 Å². The van der Waals surface area contributed by atoms with Crippen LogP contribution < -0.4 is 20.5 Å². The molecule has 0 radical (unpaired) electrons. The second kappa shape index (κ2) is 12.3. The van der Waals surface area contributed by atoms with Crippen LogP contribution in [0.5, 0.6) is 5.75 Å². The van der Waals surface area contributed by atoms with Crippen LogP contribution in [-0.4, -0.2) is 77.8 Å². The highest BCUT2D eigenvalue weighted by Gasteiger charge is 2.24. The van der Waals surface area contributed by atoms with E-state index in [1.807, 2.05) is 18.2 Å². The number of fused-ring (bicyclic) bond motifs is 1. The zero-order chi connectivity index (χ0) is 27.4. The van der Waals surface area contributed by atoms with Crippen LogP contribution >= 0.6 is 11.6 Å². The molecule has 4 heterocycles. The highest BCUT2D eigenvalue weighted by molar-refractivity contribution is 6.32. The van der Waals surface area contributed by atoms with Crippen molar-refractivity contribution in [3.8, 4) is 5.75 Å². The lowest BCUT2D eigenvalue weighted by atomic mass is 9.96. The van der Waals surface area contributed by atoms with Crippen LogP contribution in [0, 0.1) is 5.92 Å². The van der Waals surface area contributed by atoms with E-state index in [1.165, 1.54) is 4.57 Å². The Bertz CT molecular complexity index is 1380. The number of ketones is 1. The molecule has 2 aliphatic rings. The summed E-state index contributed by atoms with van der Waals surface area (Å²) in [5.41, 5.74) is 1.21. The van der Waals surface area contributed by atoms with Gasteiger partial charge in [-0.25, -0.2) is 4.98 Å². The average Bonchev–Trinajstić information content (AvgIpc) is 2.96. The number of hydrogen-bond donors (Lipinski definition) is 1. The van der Waals surface area contributed by atoms with Crippen molar-refractivity contribution >= 4 is 45.7 Å². The van der Waals surface area contributed by atoms with E-state index in [0.717, 1.165) is 75.4 Å².